The summed E-state index contributed by atoms with van der Waals surface area (Å²) in [5, 5.41) is 12.2. The summed E-state index contributed by atoms with van der Waals surface area (Å²) in [6.07, 6.45) is 2.13. The van der Waals surface area contributed by atoms with Crippen LogP contribution < -0.4 is 26.3 Å². The summed E-state index contributed by atoms with van der Waals surface area (Å²) in [4.78, 5) is 23.1. The lowest BCUT2D eigenvalue weighted by molar-refractivity contribution is -0.117. The first-order chi connectivity index (χ1) is 24.4. The van der Waals surface area contributed by atoms with Crippen molar-refractivity contribution in [3.63, 3.8) is 0 Å². The van der Waals surface area contributed by atoms with E-state index in [-0.39, 0.29) is 23.6 Å². The smallest absolute Gasteiger partial charge is 0.407 e. The normalized spacial score (nSPS) is 12.2. The summed E-state index contributed by atoms with van der Waals surface area (Å²) in [6, 6.07) is 22.6. The fraction of sp³-hybridized carbons (Fsp3) is 0.333. The average Bonchev–Trinajstić information content (AvgIpc) is 3.04. The Morgan fingerprint density at radius 1 is 0.788 bits per heavy atom. The van der Waals surface area contributed by atoms with Crippen molar-refractivity contribution in [1.82, 2.24) is 5.32 Å². The van der Waals surface area contributed by atoms with E-state index in [1.807, 2.05) is 52.0 Å². The molecule has 0 radical (unpaired) electrons. The first kappa shape index (κ1) is 44.5. The standard InChI is InChI=1S/C21H26I2N2O3.C18H19I2NO3/c1-13-5-7-16(8-6-13)27-19-17(22)10-14(11-18(19)23)9-15(12-24)25-20(26)28-21(2,3)4;1-11(22)2-3-13(21)8-12-9-16(19)18(17(20)10-12)24-15-6-4-14(23)5-7-15/h5-8,10-11,15H,9,12,24H2,1-4H3,(H,25,26);4-7,9-10,13,23H,2-3,8,21H2,1H3/t15-;13-/m01/s1. The SMILES string of the molecule is CC(=O)CC[C@@H](N)Cc1cc(I)c(Oc2ccc(O)cc2)c(I)c1.Cc1ccc(Oc2c(I)cc(C[C@@H](CN)NC(=O)OC(C)(C)C)cc2I)cc1. The number of hydrogen-bond donors (Lipinski definition) is 4. The number of benzene rings is 4. The van der Waals surface area contributed by atoms with Crippen LogP contribution in [0.15, 0.2) is 72.8 Å². The van der Waals surface area contributed by atoms with E-state index in [2.05, 4.69) is 120 Å². The van der Waals surface area contributed by atoms with Crippen molar-refractivity contribution in [2.24, 2.45) is 11.5 Å². The van der Waals surface area contributed by atoms with E-state index in [1.165, 1.54) is 5.56 Å². The number of phenols is 1. The molecule has 0 fully saturated rings. The zero-order valence-electron chi connectivity index (χ0n) is 29.8. The zero-order valence-corrected chi connectivity index (χ0v) is 38.4. The molecule has 4 aromatic carbocycles. The average molecular weight is 1160 g/mol. The van der Waals surface area contributed by atoms with Crippen LogP contribution in [0.1, 0.15) is 57.2 Å². The second-order valence-electron chi connectivity index (χ2n) is 13.3. The first-order valence-corrected chi connectivity index (χ1v) is 20.9. The molecule has 0 unspecified atom stereocenters. The molecule has 0 bridgehead atoms. The van der Waals surface area contributed by atoms with Crippen molar-refractivity contribution in [1.29, 1.82) is 0 Å². The van der Waals surface area contributed by atoms with Gasteiger partial charge in [0.15, 0.2) is 11.5 Å². The summed E-state index contributed by atoms with van der Waals surface area (Å²) >= 11 is 9.05. The van der Waals surface area contributed by atoms with Gasteiger partial charge in [0.2, 0.25) is 0 Å². The molecule has 2 atom stereocenters. The van der Waals surface area contributed by atoms with Crippen LogP contribution in [0.2, 0.25) is 0 Å². The van der Waals surface area contributed by atoms with Crippen molar-refractivity contribution in [3.8, 4) is 28.7 Å². The summed E-state index contributed by atoms with van der Waals surface area (Å²) in [5.74, 6) is 3.49. The third-order valence-electron chi connectivity index (χ3n) is 7.27. The third-order valence-corrected chi connectivity index (χ3v) is 10.5. The van der Waals surface area contributed by atoms with E-state index in [0.717, 1.165) is 49.1 Å². The van der Waals surface area contributed by atoms with Crippen molar-refractivity contribution < 1.29 is 28.9 Å². The highest BCUT2D eigenvalue weighted by Crippen LogP contribution is 2.35. The van der Waals surface area contributed by atoms with E-state index in [9.17, 15) is 14.7 Å². The minimum Gasteiger partial charge on any atom is -0.508 e. The molecule has 1 amide bonds. The van der Waals surface area contributed by atoms with Crippen molar-refractivity contribution in [2.45, 2.75) is 78.0 Å². The molecule has 0 aliphatic carbocycles. The van der Waals surface area contributed by atoms with E-state index >= 15 is 0 Å². The number of amides is 1. The quantitative estimate of drug-likeness (QED) is 0.0969. The van der Waals surface area contributed by atoms with Crippen LogP contribution in [0, 0.1) is 21.2 Å². The van der Waals surface area contributed by atoms with Crippen LogP contribution >= 0.6 is 90.4 Å². The number of halogens is 4. The molecule has 52 heavy (non-hydrogen) atoms. The van der Waals surface area contributed by atoms with Gasteiger partial charge in [-0.15, -0.1) is 0 Å². The minimum atomic E-state index is -0.539. The number of carbonyl (C=O) groups is 2. The highest BCUT2D eigenvalue weighted by Gasteiger charge is 2.20. The summed E-state index contributed by atoms with van der Waals surface area (Å²) in [6.45, 7) is 9.47. The Bertz CT molecular complexity index is 1750. The second-order valence-corrected chi connectivity index (χ2v) is 17.9. The number of nitrogens with two attached hydrogens (primary N) is 2. The van der Waals surface area contributed by atoms with Gasteiger partial charge in [0.05, 0.1) is 14.3 Å². The maximum atomic E-state index is 12.0. The Kier molecular flexibility index (Phi) is 18.1. The van der Waals surface area contributed by atoms with Crippen molar-refractivity contribution in [3.05, 3.63) is 104 Å². The van der Waals surface area contributed by atoms with Crippen LogP contribution in [0.5, 0.6) is 28.7 Å². The number of aryl methyl sites for hydroxylation is 1. The van der Waals surface area contributed by atoms with E-state index in [1.54, 1.807) is 31.2 Å². The molecular weight excluding hydrogens is 1110 g/mol. The number of hydrogen-bond acceptors (Lipinski definition) is 8. The number of rotatable bonds is 13. The first-order valence-electron chi connectivity index (χ1n) is 16.5. The predicted molar refractivity (Wildman–Crippen MR) is 241 cm³/mol. The van der Waals surface area contributed by atoms with Gasteiger partial charge in [0.25, 0.3) is 0 Å². The number of Topliss-reactive ketones (excluding diaryl/α,β-unsaturated/α-hetero) is 1. The Morgan fingerprint density at radius 3 is 1.65 bits per heavy atom. The van der Waals surface area contributed by atoms with Crippen LogP contribution in [0.4, 0.5) is 4.79 Å². The van der Waals surface area contributed by atoms with Gasteiger partial charge < -0.3 is 40.9 Å². The van der Waals surface area contributed by atoms with Gasteiger partial charge >= 0.3 is 6.09 Å². The Labute approximate surface area is 361 Å². The van der Waals surface area contributed by atoms with Gasteiger partial charge in [-0.3, -0.25) is 0 Å². The second kappa shape index (κ2) is 21.2. The fourth-order valence-electron chi connectivity index (χ4n) is 4.76. The topological polar surface area (TPSA) is 146 Å². The molecular formula is C39H45I4N3O6. The van der Waals surface area contributed by atoms with Crippen LogP contribution in [-0.2, 0) is 22.4 Å². The van der Waals surface area contributed by atoms with Crippen LogP contribution in [0.25, 0.3) is 0 Å². The maximum Gasteiger partial charge on any atom is 0.407 e. The molecule has 4 aromatic rings. The number of phenolic OH excluding ortho intramolecular Hbond substituents is 1. The molecule has 0 spiro atoms. The Morgan fingerprint density at radius 2 is 1.23 bits per heavy atom. The summed E-state index contributed by atoms with van der Waals surface area (Å²) in [5.41, 5.74) is 14.8. The minimum absolute atomic E-state index is 0.0237. The monoisotopic (exact) mass is 1160 g/mol. The molecule has 0 aliphatic heterocycles. The zero-order chi connectivity index (χ0) is 38.6. The fourth-order valence-corrected chi connectivity index (χ4v) is 8.99. The summed E-state index contributed by atoms with van der Waals surface area (Å²) < 4.78 is 21.3. The number of aromatic hydroxyl groups is 1. The number of nitrogens with one attached hydrogen (secondary N) is 1. The van der Waals surface area contributed by atoms with Gasteiger partial charge in [-0.05, 0) is 216 Å². The highest BCUT2D eigenvalue weighted by atomic mass is 127. The third kappa shape index (κ3) is 15.8. The van der Waals surface area contributed by atoms with Crippen LogP contribution in [-0.4, -0.2) is 41.2 Å². The number of carbonyl (C=O) groups excluding carboxylic acids is 2. The summed E-state index contributed by atoms with van der Waals surface area (Å²) in [7, 11) is 0. The van der Waals surface area contributed by atoms with E-state index < -0.39 is 11.7 Å². The number of alkyl carbamates (subject to hydrolysis) is 1. The molecule has 0 aromatic heterocycles. The van der Waals surface area contributed by atoms with Gasteiger partial charge in [-0.1, -0.05) is 17.7 Å². The van der Waals surface area contributed by atoms with E-state index in [4.69, 9.17) is 25.7 Å². The largest absolute Gasteiger partial charge is 0.508 e. The molecule has 9 nitrogen and oxygen atoms in total. The highest BCUT2D eigenvalue weighted by molar-refractivity contribution is 14.1. The van der Waals surface area contributed by atoms with Gasteiger partial charge in [-0.25, -0.2) is 4.79 Å². The lowest BCUT2D eigenvalue weighted by Crippen LogP contribution is -2.44. The van der Waals surface area contributed by atoms with Crippen molar-refractivity contribution >= 4 is 102 Å². The molecule has 0 heterocycles. The maximum absolute atomic E-state index is 12.0. The van der Waals surface area contributed by atoms with Crippen molar-refractivity contribution in [2.75, 3.05) is 6.54 Å². The Balaban J connectivity index is 0.000000284. The van der Waals surface area contributed by atoms with Gasteiger partial charge in [-0.2, -0.15) is 0 Å². The lowest BCUT2D eigenvalue weighted by atomic mass is 10.0. The van der Waals surface area contributed by atoms with E-state index in [0.29, 0.717) is 31.6 Å². The molecule has 0 saturated carbocycles. The van der Waals surface area contributed by atoms with Gasteiger partial charge in [0, 0.05) is 25.0 Å². The Hall–Kier alpha value is -1.94. The molecule has 280 valence electrons. The molecule has 6 N–H and O–H groups in total. The predicted octanol–water partition coefficient (Wildman–Crippen LogP) is 10.0. The molecule has 13 heteroatoms. The molecule has 0 saturated heterocycles. The molecule has 4 rings (SSSR count). The molecule has 0 aliphatic rings. The number of ketones is 1. The number of ether oxygens (including phenoxy) is 3. The van der Waals surface area contributed by atoms with Crippen LogP contribution in [0.3, 0.4) is 0 Å². The lowest BCUT2D eigenvalue weighted by Gasteiger charge is -2.23. The van der Waals surface area contributed by atoms with Gasteiger partial charge in [0.1, 0.15) is 28.6 Å².